The van der Waals surface area contributed by atoms with Gasteiger partial charge in [-0.05, 0) is 12.8 Å². The van der Waals surface area contributed by atoms with Crippen molar-refractivity contribution in [2.45, 2.75) is 25.3 Å². The van der Waals surface area contributed by atoms with E-state index in [1.165, 1.54) is 0 Å². The average molecular weight is 208 g/mol. The molecule has 1 N–H and O–H groups in total. The maximum atomic E-state index is 11.4. The topological polar surface area (TPSA) is 83.2 Å². The van der Waals surface area contributed by atoms with E-state index in [9.17, 15) is 9.59 Å². The summed E-state index contributed by atoms with van der Waals surface area (Å²) in [5.41, 5.74) is 0. The molecule has 1 saturated carbocycles. The molecule has 0 aromatic rings. The molecule has 0 aromatic heterocycles. The van der Waals surface area contributed by atoms with Crippen molar-refractivity contribution in [3.63, 3.8) is 0 Å². The maximum Gasteiger partial charge on any atom is 0.275 e. The molecular formula is C9H12N4O2. The highest BCUT2D eigenvalue weighted by Crippen LogP contribution is 2.26. The Kier molecular flexibility index (Phi) is 2.84. The van der Waals surface area contributed by atoms with Gasteiger partial charge in [0.1, 0.15) is 6.34 Å². The third kappa shape index (κ3) is 2.26. The van der Waals surface area contributed by atoms with Gasteiger partial charge in [-0.3, -0.25) is 9.59 Å². The molecule has 15 heavy (non-hydrogen) atoms. The van der Waals surface area contributed by atoms with Crippen molar-refractivity contribution in [3.05, 3.63) is 0 Å². The summed E-state index contributed by atoms with van der Waals surface area (Å²) >= 11 is 0. The van der Waals surface area contributed by atoms with Gasteiger partial charge >= 0.3 is 0 Å². The summed E-state index contributed by atoms with van der Waals surface area (Å²) in [6.45, 7) is 0.203. The van der Waals surface area contributed by atoms with Crippen molar-refractivity contribution in [1.29, 1.82) is 0 Å². The Morgan fingerprint density at radius 3 is 2.93 bits per heavy atom. The minimum Gasteiger partial charge on any atom is -0.353 e. The van der Waals surface area contributed by atoms with Gasteiger partial charge in [-0.2, -0.15) is 10.1 Å². The zero-order valence-electron chi connectivity index (χ0n) is 8.22. The van der Waals surface area contributed by atoms with Crippen LogP contribution in [0.2, 0.25) is 0 Å². The van der Waals surface area contributed by atoms with E-state index in [0.29, 0.717) is 0 Å². The van der Waals surface area contributed by atoms with E-state index in [0.717, 1.165) is 25.6 Å². The number of hydrogen-bond acceptors (Lipinski definition) is 4. The first-order chi connectivity index (χ1) is 7.27. The molecule has 0 aromatic carbocycles. The number of carbonyl (C=O) groups is 2. The van der Waals surface area contributed by atoms with Gasteiger partial charge in [0, 0.05) is 5.92 Å². The zero-order chi connectivity index (χ0) is 10.7. The summed E-state index contributed by atoms with van der Waals surface area (Å²) in [6.07, 6.45) is 4.13. The van der Waals surface area contributed by atoms with E-state index in [4.69, 9.17) is 0 Å². The molecule has 1 fully saturated rings. The third-order valence-electron chi connectivity index (χ3n) is 2.67. The Hall–Kier alpha value is -1.59. The minimum absolute atomic E-state index is 0.0128. The first-order valence-electron chi connectivity index (χ1n) is 5.01. The molecule has 0 spiro atoms. The van der Waals surface area contributed by atoms with E-state index in [2.05, 4.69) is 20.5 Å². The predicted octanol–water partition coefficient (Wildman–Crippen LogP) is 0.292. The highest BCUT2D eigenvalue weighted by Gasteiger charge is 2.27. The van der Waals surface area contributed by atoms with Gasteiger partial charge in [0.05, 0.1) is 6.54 Å². The number of hydrogen-bond donors (Lipinski definition) is 1. The number of nitrogens with zero attached hydrogens (tertiary/aromatic N) is 3. The third-order valence-corrected chi connectivity index (χ3v) is 2.67. The summed E-state index contributed by atoms with van der Waals surface area (Å²) in [7, 11) is 0. The number of amides is 2. The Balaban J connectivity index is 1.77. The highest BCUT2D eigenvalue weighted by molar-refractivity contribution is 5.91. The van der Waals surface area contributed by atoms with Crippen molar-refractivity contribution in [2.24, 2.45) is 21.1 Å². The molecule has 1 heterocycles. The second kappa shape index (κ2) is 4.29. The molecule has 2 amide bonds. The minimum atomic E-state index is -0.640. The molecular weight excluding hydrogens is 196 g/mol. The Morgan fingerprint density at radius 1 is 1.53 bits per heavy atom. The van der Waals surface area contributed by atoms with Crippen LogP contribution in [0.5, 0.6) is 0 Å². The first kappa shape index (κ1) is 9.95. The first-order valence-corrected chi connectivity index (χ1v) is 5.01. The van der Waals surface area contributed by atoms with Crippen LogP contribution in [0.25, 0.3) is 0 Å². The van der Waals surface area contributed by atoms with Crippen LogP contribution in [-0.2, 0) is 9.59 Å². The van der Waals surface area contributed by atoms with Gasteiger partial charge in [0.2, 0.25) is 5.91 Å². The molecule has 0 radical (unpaired) electrons. The molecule has 80 valence electrons. The fraction of sp³-hybridized carbons (Fsp3) is 0.667. The Labute approximate surface area is 86.9 Å². The van der Waals surface area contributed by atoms with Crippen molar-refractivity contribution in [3.8, 4) is 0 Å². The molecule has 2 aliphatic rings. The number of nitrogens with one attached hydrogen (secondary N) is 1. The Morgan fingerprint density at radius 2 is 2.33 bits per heavy atom. The van der Waals surface area contributed by atoms with Crippen LogP contribution in [0, 0.1) is 5.92 Å². The van der Waals surface area contributed by atoms with E-state index < -0.39 is 6.04 Å². The molecule has 6 nitrogen and oxygen atoms in total. The monoisotopic (exact) mass is 208 g/mol. The summed E-state index contributed by atoms with van der Waals surface area (Å²) in [5.74, 6) is -0.207. The van der Waals surface area contributed by atoms with Gasteiger partial charge < -0.3 is 5.32 Å². The number of azo groups is 1. The SMILES string of the molecule is O=C(NCC1N=NC=NC1=O)C1CCC1. The van der Waals surface area contributed by atoms with Crippen LogP contribution < -0.4 is 5.32 Å². The molecule has 1 aliphatic heterocycles. The summed E-state index contributed by atoms with van der Waals surface area (Å²) in [6, 6.07) is -0.640. The van der Waals surface area contributed by atoms with Gasteiger partial charge in [0.25, 0.3) is 5.91 Å². The van der Waals surface area contributed by atoms with Gasteiger partial charge in [-0.15, -0.1) is 5.11 Å². The Bertz CT molecular complexity index is 333. The van der Waals surface area contributed by atoms with E-state index in [1.54, 1.807) is 0 Å². The lowest BCUT2D eigenvalue weighted by Gasteiger charge is -2.24. The molecule has 0 bridgehead atoms. The van der Waals surface area contributed by atoms with Crippen LogP contribution >= 0.6 is 0 Å². The molecule has 1 atom stereocenters. The normalized spacial score (nSPS) is 25.1. The lowest BCUT2D eigenvalue weighted by atomic mass is 9.85. The van der Waals surface area contributed by atoms with Crippen LogP contribution in [0.15, 0.2) is 15.2 Å². The quantitative estimate of drug-likeness (QED) is 0.723. The van der Waals surface area contributed by atoms with E-state index in [1.807, 2.05) is 0 Å². The summed E-state index contributed by atoms with van der Waals surface area (Å²) < 4.78 is 0. The van der Waals surface area contributed by atoms with Crippen molar-refractivity contribution in [1.82, 2.24) is 5.32 Å². The summed E-state index contributed by atoms with van der Waals surface area (Å²) in [4.78, 5) is 26.1. The molecule has 1 unspecified atom stereocenters. The average Bonchev–Trinajstić information content (AvgIpc) is 2.14. The highest BCUT2D eigenvalue weighted by atomic mass is 16.2. The van der Waals surface area contributed by atoms with E-state index in [-0.39, 0.29) is 24.3 Å². The van der Waals surface area contributed by atoms with Crippen LogP contribution in [0.1, 0.15) is 19.3 Å². The zero-order valence-corrected chi connectivity index (χ0v) is 8.22. The maximum absolute atomic E-state index is 11.4. The second-order valence-corrected chi connectivity index (χ2v) is 3.70. The lowest BCUT2D eigenvalue weighted by Crippen LogP contribution is -2.40. The largest absolute Gasteiger partial charge is 0.353 e. The van der Waals surface area contributed by atoms with Crippen molar-refractivity contribution in [2.75, 3.05) is 6.54 Å². The fourth-order valence-electron chi connectivity index (χ4n) is 1.47. The van der Waals surface area contributed by atoms with Crippen molar-refractivity contribution < 1.29 is 9.59 Å². The molecule has 2 rings (SSSR count). The predicted molar refractivity (Wildman–Crippen MR) is 52.5 cm³/mol. The molecule has 1 aliphatic carbocycles. The van der Waals surface area contributed by atoms with Gasteiger partial charge in [-0.25, -0.2) is 0 Å². The van der Waals surface area contributed by atoms with Gasteiger partial charge in [0.15, 0.2) is 6.04 Å². The number of aliphatic imine (C=N–C) groups is 1. The second-order valence-electron chi connectivity index (χ2n) is 3.70. The smallest absolute Gasteiger partial charge is 0.275 e. The standard InChI is InChI=1S/C9H12N4O2/c14-8(6-2-1-3-6)10-4-7-9(15)11-5-12-13-7/h5-7H,1-4H2,(H,10,14). The van der Waals surface area contributed by atoms with E-state index >= 15 is 0 Å². The van der Waals surface area contributed by atoms with Crippen LogP contribution in [-0.4, -0.2) is 30.7 Å². The van der Waals surface area contributed by atoms with Crippen LogP contribution in [0.4, 0.5) is 0 Å². The molecule has 6 heteroatoms. The molecule has 0 saturated heterocycles. The fourth-order valence-corrected chi connectivity index (χ4v) is 1.47. The lowest BCUT2D eigenvalue weighted by molar-refractivity contribution is -0.127. The number of rotatable bonds is 3. The number of carbonyl (C=O) groups excluding carboxylic acids is 2. The van der Waals surface area contributed by atoms with Gasteiger partial charge in [-0.1, -0.05) is 6.42 Å². The van der Waals surface area contributed by atoms with Crippen LogP contribution in [0.3, 0.4) is 0 Å². The van der Waals surface area contributed by atoms with Crippen molar-refractivity contribution >= 4 is 18.2 Å². The summed E-state index contributed by atoms with van der Waals surface area (Å²) in [5, 5.41) is 9.92.